The number of aromatic nitrogens is 4. The maximum atomic E-state index is 12.6. The van der Waals surface area contributed by atoms with Crippen LogP contribution in [-0.4, -0.2) is 38.5 Å². The molecule has 152 valence electrons. The van der Waals surface area contributed by atoms with Crippen LogP contribution < -0.4 is 10.1 Å². The van der Waals surface area contributed by atoms with E-state index in [4.69, 9.17) is 4.74 Å². The number of methoxy groups -OCH3 is 1. The Morgan fingerprint density at radius 1 is 1.07 bits per heavy atom. The third-order valence-corrected chi connectivity index (χ3v) is 5.52. The number of amides is 1. The molecule has 0 aliphatic rings. The number of anilines is 1. The minimum absolute atomic E-state index is 0.127. The number of pyridine rings is 1. The molecule has 4 rings (SSSR count). The number of carbonyl (C=O) groups is 1. The summed E-state index contributed by atoms with van der Waals surface area (Å²) in [5.74, 6) is 1.60. The zero-order valence-electron chi connectivity index (χ0n) is 16.9. The highest BCUT2D eigenvalue weighted by atomic mass is 32.2. The molecule has 2 heterocycles. The van der Waals surface area contributed by atoms with Crippen molar-refractivity contribution in [2.45, 2.75) is 19.0 Å². The number of rotatable bonds is 6. The molecule has 0 bridgehead atoms. The molecule has 4 aromatic rings. The lowest BCUT2D eigenvalue weighted by Gasteiger charge is -2.10. The first-order valence-electron chi connectivity index (χ1n) is 9.40. The average Bonchev–Trinajstić information content (AvgIpc) is 3.13. The highest BCUT2D eigenvalue weighted by Crippen LogP contribution is 2.25. The van der Waals surface area contributed by atoms with Crippen molar-refractivity contribution in [1.82, 2.24) is 19.7 Å². The van der Waals surface area contributed by atoms with Crippen LogP contribution in [0.5, 0.6) is 5.75 Å². The van der Waals surface area contributed by atoms with E-state index in [1.165, 1.54) is 11.8 Å². The largest absolute Gasteiger partial charge is 0.497 e. The monoisotopic (exact) mass is 419 g/mol. The maximum absolute atomic E-state index is 12.6. The van der Waals surface area contributed by atoms with Crippen molar-refractivity contribution in [2.24, 2.45) is 0 Å². The Balaban J connectivity index is 1.49. The Labute approximate surface area is 178 Å². The number of hydrogen-bond acceptors (Lipinski definition) is 6. The van der Waals surface area contributed by atoms with Crippen molar-refractivity contribution < 1.29 is 9.53 Å². The van der Waals surface area contributed by atoms with E-state index in [-0.39, 0.29) is 11.7 Å². The predicted molar refractivity (Wildman–Crippen MR) is 118 cm³/mol. The molecular weight excluding hydrogens is 398 g/mol. The second-order valence-corrected chi connectivity index (χ2v) is 7.67. The first kappa shape index (κ1) is 19.9. The van der Waals surface area contributed by atoms with Crippen molar-refractivity contribution in [2.75, 3.05) is 18.2 Å². The zero-order chi connectivity index (χ0) is 21.1. The fraction of sp³-hybridized carbons (Fsp3) is 0.182. The smallest absolute Gasteiger partial charge is 0.234 e. The van der Waals surface area contributed by atoms with Gasteiger partial charge < -0.3 is 10.1 Å². The minimum Gasteiger partial charge on any atom is -0.497 e. The van der Waals surface area contributed by atoms with Crippen LogP contribution in [0.4, 0.5) is 5.69 Å². The molecule has 0 atom stereocenters. The van der Waals surface area contributed by atoms with Crippen LogP contribution in [0.2, 0.25) is 0 Å². The Morgan fingerprint density at radius 2 is 1.87 bits per heavy atom. The molecule has 7 nitrogen and oxygen atoms in total. The number of ether oxygens (including phenoxy) is 1. The standard InChI is InChI=1S/C22H21N5O2S/c1-14-7-8-16-5-4-6-19(21(16)23-14)24-20(28)13-30-22-26-25-15(2)27(22)17-9-11-18(29-3)12-10-17/h4-12H,13H2,1-3H3,(H,24,28). The summed E-state index contributed by atoms with van der Waals surface area (Å²) in [4.78, 5) is 17.2. The van der Waals surface area contributed by atoms with E-state index in [1.807, 2.05) is 73.0 Å². The van der Waals surface area contributed by atoms with E-state index < -0.39 is 0 Å². The lowest BCUT2D eigenvalue weighted by molar-refractivity contribution is -0.113. The van der Waals surface area contributed by atoms with E-state index in [1.54, 1.807) is 7.11 Å². The van der Waals surface area contributed by atoms with Gasteiger partial charge in [-0.05, 0) is 50.2 Å². The van der Waals surface area contributed by atoms with E-state index in [0.717, 1.165) is 33.9 Å². The van der Waals surface area contributed by atoms with E-state index in [2.05, 4.69) is 20.5 Å². The predicted octanol–water partition coefficient (Wildman–Crippen LogP) is 4.17. The lowest BCUT2D eigenvalue weighted by Crippen LogP contribution is -2.15. The SMILES string of the molecule is COc1ccc(-n2c(C)nnc2SCC(=O)Nc2cccc3ccc(C)nc23)cc1. The number of nitrogens with one attached hydrogen (secondary N) is 1. The fourth-order valence-electron chi connectivity index (χ4n) is 3.13. The fourth-order valence-corrected chi connectivity index (χ4v) is 3.92. The van der Waals surface area contributed by atoms with Crippen LogP contribution in [0.1, 0.15) is 11.5 Å². The number of para-hydroxylation sites is 1. The van der Waals surface area contributed by atoms with E-state index in [0.29, 0.717) is 10.8 Å². The summed E-state index contributed by atoms with van der Waals surface area (Å²) in [5.41, 5.74) is 3.30. The minimum atomic E-state index is -0.127. The summed E-state index contributed by atoms with van der Waals surface area (Å²) < 4.78 is 7.13. The Morgan fingerprint density at radius 3 is 2.63 bits per heavy atom. The van der Waals surface area contributed by atoms with E-state index >= 15 is 0 Å². The molecule has 0 saturated heterocycles. The normalized spacial score (nSPS) is 10.9. The van der Waals surface area contributed by atoms with Crippen LogP contribution in [0.25, 0.3) is 16.6 Å². The van der Waals surface area contributed by atoms with Gasteiger partial charge in [-0.15, -0.1) is 10.2 Å². The highest BCUT2D eigenvalue weighted by molar-refractivity contribution is 7.99. The molecule has 0 fully saturated rings. The Bertz CT molecular complexity index is 1200. The number of thioether (sulfide) groups is 1. The second kappa shape index (κ2) is 8.54. The number of hydrogen-bond donors (Lipinski definition) is 1. The summed E-state index contributed by atoms with van der Waals surface area (Å²) in [5, 5.41) is 13.0. The molecule has 2 aromatic carbocycles. The number of aryl methyl sites for hydroxylation is 2. The molecule has 8 heteroatoms. The summed E-state index contributed by atoms with van der Waals surface area (Å²) in [6.07, 6.45) is 0. The third-order valence-electron chi connectivity index (χ3n) is 4.59. The van der Waals surface area contributed by atoms with Gasteiger partial charge in [-0.25, -0.2) is 0 Å². The van der Waals surface area contributed by atoms with Gasteiger partial charge in [-0.1, -0.05) is 30.0 Å². The topological polar surface area (TPSA) is 81.9 Å². The molecule has 0 aliphatic carbocycles. The van der Waals surface area contributed by atoms with Gasteiger partial charge in [-0.3, -0.25) is 14.3 Å². The van der Waals surface area contributed by atoms with Gasteiger partial charge in [0.05, 0.1) is 24.1 Å². The van der Waals surface area contributed by atoms with Crippen molar-refractivity contribution in [3.05, 3.63) is 66.1 Å². The first-order chi connectivity index (χ1) is 14.5. The maximum Gasteiger partial charge on any atom is 0.234 e. The lowest BCUT2D eigenvalue weighted by atomic mass is 10.2. The second-order valence-electron chi connectivity index (χ2n) is 6.73. The van der Waals surface area contributed by atoms with Gasteiger partial charge in [0, 0.05) is 16.8 Å². The van der Waals surface area contributed by atoms with Crippen LogP contribution in [0, 0.1) is 13.8 Å². The van der Waals surface area contributed by atoms with Crippen molar-refractivity contribution >= 4 is 34.3 Å². The molecule has 0 radical (unpaired) electrons. The van der Waals surface area contributed by atoms with Crippen molar-refractivity contribution in [3.63, 3.8) is 0 Å². The molecule has 0 spiro atoms. The van der Waals surface area contributed by atoms with Gasteiger partial charge in [0.1, 0.15) is 11.6 Å². The van der Waals surface area contributed by atoms with Gasteiger partial charge >= 0.3 is 0 Å². The van der Waals surface area contributed by atoms with Crippen molar-refractivity contribution in [1.29, 1.82) is 0 Å². The molecule has 0 saturated carbocycles. The Hall–Kier alpha value is -3.39. The highest BCUT2D eigenvalue weighted by Gasteiger charge is 2.14. The van der Waals surface area contributed by atoms with Gasteiger partial charge in [0.15, 0.2) is 5.16 Å². The van der Waals surface area contributed by atoms with E-state index in [9.17, 15) is 4.79 Å². The first-order valence-corrected chi connectivity index (χ1v) is 10.4. The summed E-state index contributed by atoms with van der Waals surface area (Å²) in [6.45, 7) is 3.81. The molecular formula is C22H21N5O2S. The molecule has 0 unspecified atom stereocenters. The third kappa shape index (κ3) is 4.13. The molecule has 1 amide bonds. The molecule has 0 aliphatic heterocycles. The Kier molecular flexibility index (Phi) is 5.67. The summed E-state index contributed by atoms with van der Waals surface area (Å²) >= 11 is 1.33. The number of nitrogens with zero attached hydrogens (tertiary/aromatic N) is 4. The number of benzene rings is 2. The van der Waals surface area contributed by atoms with Crippen LogP contribution >= 0.6 is 11.8 Å². The van der Waals surface area contributed by atoms with Crippen molar-refractivity contribution in [3.8, 4) is 11.4 Å². The summed E-state index contributed by atoms with van der Waals surface area (Å²) in [6, 6.07) is 17.3. The zero-order valence-corrected chi connectivity index (χ0v) is 17.7. The quantitative estimate of drug-likeness (QED) is 0.472. The average molecular weight is 420 g/mol. The molecule has 2 aromatic heterocycles. The van der Waals surface area contributed by atoms with Crippen LogP contribution in [0.15, 0.2) is 59.8 Å². The number of carbonyl (C=O) groups excluding carboxylic acids is 1. The van der Waals surface area contributed by atoms with Gasteiger partial charge in [-0.2, -0.15) is 0 Å². The van der Waals surface area contributed by atoms with Gasteiger partial charge in [0.2, 0.25) is 5.91 Å². The summed E-state index contributed by atoms with van der Waals surface area (Å²) in [7, 11) is 1.63. The van der Waals surface area contributed by atoms with Gasteiger partial charge in [0.25, 0.3) is 0 Å². The molecule has 30 heavy (non-hydrogen) atoms. The van der Waals surface area contributed by atoms with Crippen LogP contribution in [-0.2, 0) is 4.79 Å². The number of fused-ring (bicyclic) bond motifs is 1. The molecule has 1 N–H and O–H groups in total. The van der Waals surface area contributed by atoms with Crippen LogP contribution in [0.3, 0.4) is 0 Å².